The van der Waals surface area contributed by atoms with Gasteiger partial charge in [0.25, 0.3) is 5.56 Å². The van der Waals surface area contributed by atoms with Crippen molar-refractivity contribution >= 4 is 39.0 Å². The van der Waals surface area contributed by atoms with E-state index in [9.17, 15) is 18.0 Å². The van der Waals surface area contributed by atoms with Gasteiger partial charge >= 0.3 is 6.18 Å². The van der Waals surface area contributed by atoms with Crippen molar-refractivity contribution in [1.29, 1.82) is 0 Å². The lowest BCUT2D eigenvalue weighted by atomic mass is 10.2. The summed E-state index contributed by atoms with van der Waals surface area (Å²) in [6.07, 6.45) is -3.96. The molecule has 0 spiro atoms. The van der Waals surface area contributed by atoms with Crippen LogP contribution in [0.5, 0.6) is 0 Å². The molecule has 3 heterocycles. The first-order valence-electron chi connectivity index (χ1n) is 8.20. The Morgan fingerprint density at radius 3 is 2.71 bits per heavy atom. The minimum absolute atomic E-state index is 0.193. The van der Waals surface area contributed by atoms with E-state index in [0.29, 0.717) is 22.5 Å². The Balaban J connectivity index is 1.71. The molecule has 144 valence electrons. The maximum absolute atomic E-state index is 13.1. The van der Waals surface area contributed by atoms with Crippen molar-refractivity contribution in [3.05, 3.63) is 57.2 Å². The number of alkyl halides is 3. The number of thioether (sulfide) groups is 1. The minimum atomic E-state index is -4.64. The van der Waals surface area contributed by atoms with E-state index >= 15 is 0 Å². The molecular formula is C17H12F3N5OS2. The van der Waals surface area contributed by atoms with Crippen LogP contribution in [0.1, 0.15) is 23.4 Å². The van der Waals surface area contributed by atoms with Gasteiger partial charge in [-0.15, -0.1) is 0 Å². The van der Waals surface area contributed by atoms with E-state index in [1.165, 1.54) is 28.0 Å². The maximum atomic E-state index is 13.1. The van der Waals surface area contributed by atoms with Crippen molar-refractivity contribution in [2.45, 2.75) is 30.3 Å². The zero-order chi connectivity index (χ0) is 19.9. The fourth-order valence-electron chi connectivity index (χ4n) is 2.54. The monoisotopic (exact) mass is 423 g/mol. The Kier molecular flexibility index (Phi) is 4.79. The first-order valence-corrected chi connectivity index (χ1v) is 10.0. The lowest BCUT2D eigenvalue weighted by molar-refractivity contribution is -0.145. The van der Waals surface area contributed by atoms with Gasteiger partial charge in [0, 0.05) is 17.2 Å². The topological polar surface area (TPSA) is 73.0 Å². The highest BCUT2D eigenvalue weighted by Gasteiger charge is 2.35. The number of aromatic nitrogens is 5. The van der Waals surface area contributed by atoms with Gasteiger partial charge in [0.1, 0.15) is 10.0 Å². The molecule has 1 aromatic carbocycles. The highest BCUT2D eigenvalue weighted by Crippen LogP contribution is 2.33. The summed E-state index contributed by atoms with van der Waals surface area (Å²) in [6, 6.07) is 7.85. The van der Waals surface area contributed by atoms with Gasteiger partial charge in [-0.05, 0) is 12.5 Å². The predicted molar refractivity (Wildman–Crippen MR) is 101 cm³/mol. The number of halogens is 3. The Morgan fingerprint density at radius 1 is 1.18 bits per heavy atom. The van der Waals surface area contributed by atoms with Crippen LogP contribution in [-0.2, 0) is 18.3 Å². The van der Waals surface area contributed by atoms with E-state index in [-0.39, 0.29) is 21.9 Å². The Labute approximate surface area is 164 Å². The molecule has 3 aromatic heterocycles. The Hall–Kier alpha value is -2.53. The standard InChI is InChI=1S/C17H12F3N5OS2/c1-2-12-24-25-13(26)7-9(21-16(25)28-12)8-27-14-10-5-3-4-6-11(10)22-15(23-14)17(18,19)20/h3-7H,2,8H2,1H3. The first-order chi connectivity index (χ1) is 13.3. The largest absolute Gasteiger partial charge is 0.451 e. The third-order valence-corrected chi connectivity index (χ3v) is 5.90. The molecule has 0 atom stereocenters. The number of benzene rings is 1. The average molecular weight is 423 g/mol. The molecular weight excluding hydrogens is 411 g/mol. The lowest BCUT2D eigenvalue weighted by Crippen LogP contribution is -2.15. The smallest absolute Gasteiger partial charge is 0.267 e. The minimum Gasteiger partial charge on any atom is -0.267 e. The fourth-order valence-corrected chi connectivity index (χ4v) is 4.31. The molecule has 0 unspecified atom stereocenters. The average Bonchev–Trinajstić information content (AvgIpc) is 3.09. The molecule has 6 nitrogen and oxygen atoms in total. The number of rotatable bonds is 4. The van der Waals surface area contributed by atoms with Crippen LogP contribution >= 0.6 is 23.1 Å². The van der Waals surface area contributed by atoms with Crippen LogP contribution in [0.15, 0.2) is 40.2 Å². The summed E-state index contributed by atoms with van der Waals surface area (Å²) in [6.45, 7) is 1.93. The molecule has 0 aliphatic rings. The summed E-state index contributed by atoms with van der Waals surface area (Å²) in [5.74, 6) is -0.990. The third kappa shape index (κ3) is 3.59. The molecule has 0 bridgehead atoms. The van der Waals surface area contributed by atoms with Gasteiger partial charge in [-0.25, -0.2) is 15.0 Å². The molecule has 0 saturated heterocycles. The first kappa shape index (κ1) is 18.8. The van der Waals surface area contributed by atoms with Crippen molar-refractivity contribution < 1.29 is 13.2 Å². The summed E-state index contributed by atoms with van der Waals surface area (Å²) >= 11 is 2.40. The van der Waals surface area contributed by atoms with Gasteiger partial charge in [0.15, 0.2) is 0 Å². The van der Waals surface area contributed by atoms with Gasteiger partial charge in [-0.3, -0.25) is 4.79 Å². The predicted octanol–water partition coefficient (Wildman–Crippen LogP) is 3.97. The van der Waals surface area contributed by atoms with Crippen LogP contribution in [0.2, 0.25) is 0 Å². The second kappa shape index (κ2) is 7.13. The van der Waals surface area contributed by atoms with E-state index in [0.717, 1.165) is 16.8 Å². The normalized spacial score (nSPS) is 12.1. The maximum Gasteiger partial charge on any atom is 0.451 e. The van der Waals surface area contributed by atoms with E-state index in [4.69, 9.17) is 0 Å². The third-order valence-electron chi connectivity index (χ3n) is 3.82. The highest BCUT2D eigenvalue weighted by molar-refractivity contribution is 7.98. The molecule has 0 aliphatic heterocycles. The van der Waals surface area contributed by atoms with Crippen molar-refractivity contribution in [3.63, 3.8) is 0 Å². The number of aryl methyl sites for hydroxylation is 1. The fraction of sp³-hybridized carbons (Fsp3) is 0.235. The molecule has 4 rings (SSSR count). The van der Waals surface area contributed by atoms with Gasteiger partial charge in [-0.2, -0.15) is 22.8 Å². The number of nitrogens with zero attached hydrogens (tertiary/aromatic N) is 5. The summed E-state index contributed by atoms with van der Waals surface area (Å²) in [5.41, 5.74) is 0.350. The second-order valence-electron chi connectivity index (χ2n) is 5.79. The van der Waals surface area contributed by atoms with Crippen molar-refractivity contribution in [3.8, 4) is 0 Å². The van der Waals surface area contributed by atoms with Crippen LogP contribution in [0.25, 0.3) is 15.9 Å². The highest BCUT2D eigenvalue weighted by atomic mass is 32.2. The molecule has 11 heteroatoms. The lowest BCUT2D eigenvalue weighted by Gasteiger charge is -2.10. The molecule has 0 saturated carbocycles. The molecule has 0 fully saturated rings. The SMILES string of the molecule is CCc1nn2c(=O)cc(CSc3nc(C(F)(F)F)nc4ccccc34)nc2s1. The van der Waals surface area contributed by atoms with Gasteiger partial charge in [-0.1, -0.05) is 48.2 Å². The van der Waals surface area contributed by atoms with E-state index in [2.05, 4.69) is 20.1 Å². The summed E-state index contributed by atoms with van der Waals surface area (Å²) in [7, 11) is 0. The van der Waals surface area contributed by atoms with Crippen LogP contribution in [0.3, 0.4) is 0 Å². The number of hydrogen-bond acceptors (Lipinski definition) is 7. The molecule has 0 aliphatic carbocycles. The summed E-state index contributed by atoms with van der Waals surface area (Å²) < 4.78 is 40.6. The molecule has 0 radical (unpaired) electrons. The zero-order valence-corrected chi connectivity index (χ0v) is 16.0. The van der Waals surface area contributed by atoms with Gasteiger partial charge in [0.2, 0.25) is 10.8 Å². The van der Waals surface area contributed by atoms with Crippen molar-refractivity contribution in [2.24, 2.45) is 0 Å². The van der Waals surface area contributed by atoms with Crippen molar-refractivity contribution in [1.82, 2.24) is 24.6 Å². The van der Waals surface area contributed by atoms with Crippen molar-refractivity contribution in [2.75, 3.05) is 0 Å². The quantitative estimate of drug-likeness (QED) is 0.365. The summed E-state index contributed by atoms with van der Waals surface area (Å²) in [4.78, 5) is 24.4. The molecule has 0 N–H and O–H groups in total. The second-order valence-corrected chi connectivity index (χ2v) is 7.79. The van der Waals surface area contributed by atoms with Gasteiger partial charge in [0.05, 0.1) is 11.2 Å². The van der Waals surface area contributed by atoms with Gasteiger partial charge < -0.3 is 0 Å². The van der Waals surface area contributed by atoms with E-state index in [1.807, 2.05) is 6.92 Å². The zero-order valence-electron chi connectivity index (χ0n) is 14.4. The van der Waals surface area contributed by atoms with Crippen LogP contribution in [0, 0.1) is 0 Å². The number of hydrogen-bond donors (Lipinski definition) is 0. The Bertz CT molecular complexity index is 1240. The van der Waals surface area contributed by atoms with E-state index < -0.39 is 12.0 Å². The molecule has 28 heavy (non-hydrogen) atoms. The molecule has 0 amide bonds. The summed E-state index contributed by atoms with van der Waals surface area (Å²) in [5, 5.41) is 5.67. The Morgan fingerprint density at radius 2 is 1.96 bits per heavy atom. The molecule has 4 aromatic rings. The van der Waals surface area contributed by atoms with E-state index in [1.54, 1.807) is 18.2 Å². The van der Waals surface area contributed by atoms with Crippen LogP contribution in [0.4, 0.5) is 13.2 Å². The van der Waals surface area contributed by atoms with Crippen LogP contribution < -0.4 is 5.56 Å². The number of fused-ring (bicyclic) bond motifs is 2. The number of para-hydroxylation sites is 1. The van der Waals surface area contributed by atoms with Crippen LogP contribution in [-0.4, -0.2) is 24.6 Å².